The van der Waals surface area contributed by atoms with Crippen LogP contribution >= 0.6 is 11.6 Å². The predicted molar refractivity (Wildman–Crippen MR) is 85.0 cm³/mol. The smallest absolute Gasteiger partial charge is 0.375 e. The van der Waals surface area contributed by atoms with Crippen LogP contribution in [0, 0.1) is 0 Å². The number of carbonyl (C=O) groups excluding carboxylic acids is 1. The first-order valence-electron chi connectivity index (χ1n) is 7.05. The van der Waals surface area contributed by atoms with Crippen molar-refractivity contribution in [3.8, 4) is 0 Å². The zero-order chi connectivity index (χ0) is 19.5. The third kappa shape index (κ3) is 5.04. The summed E-state index contributed by atoms with van der Waals surface area (Å²) >= 11 is 5.72. The van der Waals surface area contributed by atoms with Crippen molar-refractivity contribution >= 4 is 28.9 Å². The maximum absolute atomic E-state index is 12.9. The second-order valence-electron chi connectivity index (χ2n) is 5.14. The molecule has 0 aliphatic heterocycles. The minimum Gasteiger partial charge on any atom is -0.375 e. The fourth-order valence-corrected chi connectivity index (χ4v) is 2.29. The van der Waals surface area contributed by atoms with E-state index in [9.17, 15) is 31.1 Å². The molecular weight excluding hydrogens is 386 g/mol. The van der Waals surface area contributed by atoms with E-state index < -0.39 is 41.6 Å². The van der Waals surface area contributed by atoms with Crippen molar-refractivity contribution < 1.29 is 31.1 Å². The van der Waals surface area contributed by atoms with Crippen LogP contribution in [0.3, 0.4) is 0 Å². The van der Waals surface area contributed by atoms with Gasteiger partial charge < -0.3 is 10.6 Å². The van der Waals surface area contributed by atoms with Crippen molar-refractivity contribution in [3.63, 3.8) is 0 Å². The highest BCUT2D eigenvalue weighted by Crippen LogP contribution is 2.35. The Balaban J connectivity index is 2.05. The molecule has 140 valence electrons. The summed E-state index contributed by atoms with van der Waals surface area (Å²) in [6.07, 6.45) is -9.21. The lowest BCUT2D eigenvalue weighted by Gasteiger charge is -2.14. The Hall–Kier alpha value is -2.42. The van der Waals surface area contributed by atoms with E-state index in [0.717, 1.165) is 24.3 Å². The Labute approximate surface area is 149 Å². The monoisotopic (exact) mass is 396 g/mol. The van der Waals surface area contributed by atoms with Gasteiger partial charge in [-0.25, -0.2) is 0 Å². The minimum absolute atomic E-state index is 0.0407. The molecule has 2 aromatic rings. The van der Waals surface area contributed by atoms with Crippen molar-refractivity contribution in [1.29, 1.82) is 0 Å². The van der Waals surface area contributed by atoms with E-state index in [-0.39, 0.29) is 10.7 Å². The van der Waals surface area contributed by atoms with Gasteiger partial charge in [0.2, 0.25) is 5.91 Å². The van der Waals surface area contributed by atoms with Crippen LogP contribution in [0.2, 0.25) is 5.02 Å². The number of anilines is 2. The number of benzene rings is 2. The molecule has 10 heteroatoms. The maximum atomic E-state index is 12.9. The number of nitrogens with one attached hydrogen (secondary N) is 2. The van der Waals surface area contributed by atoms with Crippen LogP contribution in [-0.2, 0) is 17.1 Å². The lowest BCUT2D eigenvalue weighted by Crippen LogP contribution is -2.23. The first-order valence-corrected chi connectivity index (χ1v) is 7.43. The number of carbonyl (C=O) groups is 1. The molecule has 0 heterocycles. The van der Waals surface area contributed by atoms with E-state index >= 15 is 0 Å². The largest absolute Gasteiger partial charge is 0.418 e. The van der Waals surface area contributed by atoms with Gasteiger partial charge >= 0.3 is 12.4 Å². The Morgan fingerprint density at radius 2 is 1.58 bits per heavy atom. The molecule has 0 fully saturated rings. The number of halogens is 7. The van der Waals surface area contributed by atoms with Crippen LogP contribution in [0.25, 0.3) is 0 Å². The summed E-state index contributed by atoms with van der Waals surface area (Å²) in [6, 6.07) is 6.89. The van der Waals surface area contributed by atoms with Crippen molar-refractivity contribution in [1.82, 2.24) is 0 Å². The van der Waals surface area contributed by atoms with Crippen molar-refractivity contribution in [2.45, 2.75) is 12.4 Å². The van der Waals surface area contributed by atoms with E-state index in [1.807, 2.05) is 0 Å². The highest BCUT2D eigenvalue weighted by Gasteiger charge is 2.33. The molecule has 0 saturated carbocycles. The second-order valence-corrected chi connectivity index (χ2v) is 5.54. The average molecular weight is 397 g/mol. The molecule has 2 rings (SSSR count). The summed E-state index contributed by atoms with van der Waals surface area (Å²) in [5.74, 6) is -0.822. The van der Waals surface area contributed by atoms with E-state index in [0.29, 0.717) is 6.07 Å². The molecule has 0 spiro atoms. The third-order valence-electron chi connectivity index (χ3n) is 3.24. The summed E-state index contributed by atoms with van der Waals surface area (Å²) in [7, 11) is 0. The molecule has 1 amide bonds. The van der Waals surface area contributed by atoms with Gasteiger partial charge in [0.25, 0.3) is 0 Å². The van der Waals surface area contributed by atoms with Gasteiger partial charge in [0.05, 0.1) is 34.1 Å². The summed E-state index contributed by atoms with van der Waals surface area (Å²) in [4.78, 5) is 11.8. The van der Waals surface area contributed by atoms with Crippen molar-refractivity contribution in [3.05, 3.63) is 58.6 Å². The number of hydrogen-bond donors (Lipinski definition) is 2. The summed E-state index contributed by atoms with van der Waals surface area (Å²) in [5, 5.41) is 4.30. The van der Waals surface area contributed by atoms with Gasteiger partial charge in [0, 0.05) is 0 Å². The lowest BCUT2D eigenvalue weighted by atomic mass is 10.1. The molecule has 2 aromatic carbocycles. The van der Waals surface area contributed by atoms with E-state index in [1.165, 1.54) is 12.1 Å². The zero-order valence-corrected chi connectivity index (χ0v) is 13.6. The third-order valence-corrected chi connectivity index (χ3v) is 3.56. The van der Waals surface area contributed by atoms with Gasteiger partial charge in [-0.15, -0.1) is 0 Å². The molecular formula is C16H11ClF6N2O. The fraction of sp³-hybridized carbons (Fsp3) is 0.188. The summed E-state index contributed by atoms with van der Waals surface area (Å²) in [5.41, 5.74) is -2.36. The Kier molecular flexibility index (Phi) is 5.70. The number of hydrogen-bond acceptors (Lipinski definition) is 2. The van der Waals surface area contributed by atoms with Gasteiger partial charge in [0.15, 0.2) is 0 Å². The Morgan fingerprint density at radius 1 is 0.923 bits per heavy atom. The molecule has 0 bridgehead atoms. The molecule has 26 heavy (non-hydrogen) atoms. The van der Waals surface area contributed by atoms with E-state index in [1.54, 1.807) is 0 Å². The van der Waals surface area contributed by atoms with Gasteiger partial charge in [-0.2, -0.15) is 26.3 Å². The Bertz CT molecular complexity index is 804. The van der Waals surface area contributed by atoms with E-state index in [4.69, 9.17) is 11.6 Å². The van der Waals surface area contributed by atoms with E-state index in [2.05, 4.69) is 10.6 Å². The maximum Gasteiger partial charge on any atom is 0.418 e. The number of para-hydroxylation sites is 1. The van der Waals surface area contributed by atoms with Gasteiger partial charge in [-0.05, 0) is 30.3 Å². The minimum atomic E-state index is -4.64. The predicted octanol–water partition coefficient (Wildman–Crippen LogP) is 5.43. The highest BCUT2D eigenvalue weighted by molar-refractivity contribution is 6.33. The quantitative estimate of drug-likeness (QED) is 0.677. The average Bonchev–Trinajstić information content (AvgIpc) is 2.52. The van der Waals surface area contributed by atoms with Gasteiger partial charge in [-0.3, -0.25) is 4.79 Å². The normalized spacial score (nSPS) is 12.0. The molecule has 0 saturated heterocycles. The summed E-state index contributed by atoms with van der Waals surface area (Å²) in [6.45, 7) is -0.489. The highest BCUT2D eigenvalue weighted by atomic mass is 35.5. The molecule has 0 unspecified atom stereocenters. The number of alkyl halides is 6. The SMILES string of the molecule is O=C(CNc1ccc(C(F)(F)F)cc1Cl)Nc1ccccc1C(F)(F)F. The molecule has 0 radical (unpaired) electrons. The van der Waals surface area contributed by atoms with Crippen LogP contribution in [0.15, 0.2) is 42.5 Å². The topological polar surface area (TPSA) is 41.1 Å². The first kappa shape index (κ1) is 19.9. The molecule has 0 atom stereocenters. The lowest BCUT2D eigenvalue weighted by molar-refractivity contribution is -0.138. The van der Waals surface area contributed by atoms with Crippen LogP contribution in [0.5, 0.6) is 0 Å². The van der Waals surface area contributed by atoms with Gasteiger partial charge in [0.1, 0.15) is 0 Å². The van der Waals surface area contributed by atoms with Gasteiger partial charge in [-0.1, -0.05) is 23.7 Å². The van der Waals surface area contributed by atoms with Crippen molar-refractivity contribution in [2.75, 3.05) is 17.2 Å². The molecule has 0 aliphatic rings. The second kappa shape index (κ2) is 7.45. The fourth-order valence-electron chi connectivity index (χ4n) is 2.04. The summed E-state index contributed by atoms with van der Waals surface area (Å²) < 4.78 is 76.2. The van der Waals surface area contributed by atoms with Crippen molar-refractivity contribution in [2.24, 2.45) is 0 Å². The zero-order valence-electron chi connectivity index (χ0n) is 12.8. The number of amides is 1. The van der Waals surface area contributed by atoms with Crippen LogP contribution < -0.4 is 10.6 Å². The van der Waals surface area contributed by atoms with Crippen LogP contribution in [-0.4, -0.2) is 12.5 Å². The molecule has 2 N–H and O–H groups in total. The Morgan fingerprint density at radius 3 is 2.15 bits per heavy atom. The standard InChI is InChI=1S/C16H11ClF6N2O/c17-11-7-9(15(18,19)20)5-6-13(11)24-8-14(26)25-12-4-2-1-3-10(12)16(21,22)23/h1-7,24H,8H2,(H,25,26). The number of rotatable bonds is 4. The molecule has 3 nitrogen and oxygen atoms in total. The van der Waals surface area contributed by atoms with Crippen LogP contribution in [0.1, 0.15) is 11.1 Å². The van der Waals surface area contributed by atoms with Crippen LogP contribution in [0.4, 0.5) is 37.7 Å². The molecule has 0 aromatic heterocycles. The molecule has 0 aliphatic carbocycles. The first-order chi connectivity index (χ1) is 12.0.